The van der Waals surface area contributed by atoms with Gasteiger partial charge in [0.15, 0.2) is 0 Å². The standard InChI is InChI=1S/C18H26N2O3/c1-4-20(5-2)18(22)15-12-14(15)17(21)19-11-10-13-8-6-7-9-16(13)23-3/h6-9,14-15H,4-5,10-12H2,1-3H3,(H,19,21). The minimum Gasteiger partial charge on any atom is -0.496 e. The Bertz CT molecular complexity index is 555. The van der Waals surface area contributed by atoms with E-state index in [1.165, 1.54) is 0 Å². The molecule has 1 fully saturated rings. The predicted octanol–water partition coefficient (Wildman–Crippen LogP) is 1.86. The topological polar surface area (TPSA) is 58.6 Å². The van der Waals surface area contributed by atoms with Crippen LogP contribution in [0, 0.1) is 11.8 Å². The van der Waals surface area contributed by atoms with E-state index in [4.69, 9.17) is 4.74 Å². The molecule has 0 spiro atoms. The number of amides is 2. The van der Waals surface area contributed by atoms with Crippen LogP contribution in [0.5, 0.6) is 5.75 Å². The number of hydrogen-bond acceptors (Lipinski definition) is 3. The number of carbonyl (C=O) groups excluding carboxylic acids is 2. The lowest BCUT2D eigenvalue weighted by molar-refractivity contribution is -0.134. The van der Waals surface area contributed by atoms with Crippen LogP contribution in [0.3, 0.4) is 0 Å². The molecule has 1 aromatic rings. The number of carbonyl (C=O) groups is 2. The molecule has 23 heavy (non-hydrogen) atoms. The molecule has 0 aliphatic heterocycles. The number of benzene rings is 1. The predicted molar refractivity (Wildman–Crippen MR) is 89.2 cm³/mol. The van der Waals surface area contributed by atoms with Gasteiger partial charge in [-0.2, -0.15) is 0 Å². The normalized spacial score (nSPS) is 19.1. The highest BCUT2D eigenvalue weighted by molar-refractivity contribution is 5.92. The second kappa shape index (κ2) is 7.99. The molecule has 1 saturated carbocycles. The van der Waals surface area contributed by atoms with E-state index >= 15 is 0 Å². The van der Waals surface area contributed by atoms with Crippen molar-refractivity contribution in [2.75, 3.05) is 26.7 Å². The molecule has 0 bridgehead atoms. The van der Waals surface area contributed by atoms with Crippen LogP contribution in [-0.4, -0.2) is 43.5 Å². The van der Waals surface area contributed by atoms with E-state index in [0.717, 1.165) is 17.7 Å². The van der Waals surface area contributed by atoms with Crippen molar-refractivity contribution in [3.05, 3.63) is 29.8 Å². The molecule has 0 radical (unpaired) electrons. The van der Waals surface area contributed by atoms with Crippen LogP contribution in [-0.2, 0) is 16.0 Å². The lowest BCUT2D eigenvalue weighted by atomic mass is 10.1. The lowest BCUT2D eigenvalue weighted by Gasteiger charge is -2.18. The summed E-state index contributed by atoms with van der Waals surface area (Å²) >= 11 is 0. The maximum atomic E-state index is 12.2. The summed E-state index contributed by atoms with van der Waals surface area (Å²) < 4.78 is 5.30. The molecular weight excluding hydrogens is 292 g/mol. The van der Waals surface area contributed by atoms with Gasteiger partial charge >= 0.3 is 0 Å². The van der Waals surface area contributed by atoms with Gasteiger partial charge < -0.3 is 15.0 Å². The van der Waals surface area contributed by atoms with Gasteiger partial charge in [0.25, 0.3) is 0 Å². The van der Waals surface area contributed by atoms with Crippen molar-refractivity contribution in [3.63, 3.8) is 0 Å². The summed E-state index contributed by atoms with van der Waals surface area (Å²) in [6, 6.07) is 7.79. The SMILES string of the molecule is CCN(CC)C(=O)C1CC1C(=O)NCCc1ccccc1OC. The molecule has 5 heteroatoms. The summed E-state index contributed by atoms with van der Waals surface area (Å²) in [6.07, 6.45) is 1.40. The summed E-state index contributed by atoms with van der Waals surface area (Å²) in [5, 5.41) is 2.94. The maximum absolute atomic E-state index is 12.2. The van der Waals surface area contributed by atoms with E-state index < -0.39 is 0 Å². The first-order chi connectivity index (χ1) is 11.1. The molecule has 126 valence electrons. The molecule has 1 aromatic carbocycles. The van der Waals surface area contributed by atoms with Crippen LogP contribution in [0.4, 0.5) is 0 Å². The van der Waals surface area contributed by atoms with Crippen LogP contribution < -0.4 is 10.1 Å². The first-order valence-electron chi connectivity index (χ1n) is 8.30. The quantitative estimate of drug-likeness (QED) is 0.796. The van der Waals surface area contributed by atoms with E-state index in [2.05, 4.69) is 5.32 Å². The highest BCUT2D eigenvalue weighted by Crippen LogP contribution is 2.40. The van der Waals surface area contributed by atoms with Crippen LogP contribution >= 0.6 is 0 Å². The van der Waals surface area contributed by atoms with Gasteiger partial charge in [-0.3, -0.25) is 9.59 Å². The summed E-state index contributed by atoms with van der Waals surface area (Å²) in [4.78, 5) is 26.1. The molecule has 0 saturated heterocycles. The van der Waals surface area contributed by atoms with Gasteiger partial charge in [-0.15, -0.1) is 0 Å². The monoisotopic (exact) mass is 318 g/mol. The number of ether oxygens (including phenoxy) is 1. The maximum Gasteiger partial charge on any atom is 0.226 e. The third-order valence-electron chi connectivity index (χ3n) is 4.41. The van der Waals surface area contributed by atoms with Crippen LogP contribution in [0.25, 0.3) is 0 Å². The first kappa shape index (κ1) is 17.3. The number of hydrogen-bond donors (Lipinski definition) is 1. The third kappa shape index (κ3) is 4.24. The average Bonchev–Trinajstić information content (AvgIpc) is 3.37. The smallest absolute Gasteiger partial charge is 0.226 e. The fraction of sp³-hybridized carbons (Fsp3) is 0.556. The Kier molecular flexibility index (Phi) is 6.02. The molecule has 0 aromatic heterocycles. The van der Waals surface area contributed by atoms with Crippen LogP contribution in [0.2, 0.25) is 0 Å². The van der Waals surface area contributed by atoms with Gasteiger partial charge in [-0.1, -0.05) is 18.2 Å². The molecule has 1 N–H and O–H groups in total. The van der Waals surface area contributed by atoms with E-state index in [0.29, 0.717) is 26.1 Å². The lowest BCUT2D eigenvalue weighted by Crippen LogP contribution is -2.34. The molecular formula is C18H26N2O3. The molecule has 2 atom stereocenters. The van der Waals surface area contributed by atoms with Gasteiger partial charge in [0, 0.05) is 19.6 Å². The molecule has 2 amide bonds. The summed E-state index contributed by atoms with van der Waals surface area (Å²) in [6.45, 7) is 5.89. The summed E-state index contributed by atoms with van der Waals surface area (Å²) in [5.74, 6) is 0.662. The zero-order chi connectivity index (χ0) is 16.8. The molecule has 1 aliphatic rings. The highest BCUT2D eigenvalue weighted by atomic mass is 16.5. The van der Waals surface area contributed by atoms with E-state index in [1.807, 2.05) is 38.1 Å². The summed E-state index contributed by atoms with van der Waals surface area (Å²) in [7, 11) is 1.64. The largest absolute Gasteiger partial charge is 0.496 e. The highest BCUT2D eigenvalue weighted by Gasteiger charge is 2.48. The Morgan fingerprint density at radius 3 is 2.57 bits per heavy atom. The van der Waals surface area contributed by atoms with E-state index in [9.17, 15) is 9.59 Å². The second-order valence-corrected chi connectivity index (χ2v) is 5.81. The van der Waals surface area contributed by atoms with Gasteiger partial charge in [0.1, 0.15) is 5.75 Å². The minimum absolute atomic E-state index is 0.00889. The van der Waals surface area contributed by atoms with E-state index in [-0.39, 0.29) is 23.7 Å². The zero-order valence-corrected chi connectivity index (χ0v) is 14.2. The number of rotatable bonds is 8. The Labute approximate surface area is 138 Å². The first-order valence-corrected chi connectivity index (χ1v) is 8.30. The van der Waals surface area contributed by atoms with Gasteiger partial charge in [0.05, 0.1) is 18.9 Å². The molecule has 5 nitrogen and oxygen atoms in total. The molecule has 1 aliphatic carbocycles. The van der Waals surface area contributed by atoms with Crippen LogP contribution in [0.15, 0.2) is 24.3 Å². The van der Waals surface area contributed by atoms with Crippen molar-refractivity contribution in [3.8, 4) is 5.75 Å². The minimum atomic E-state index is -0.152. The number of para-hydroxylation sites is 1. The Balaban J connectivity index is 1.77. The zero-order valence-electron chi connectivity index (χ0n) is 14.2. The molecule has 0 heterocycles. The van der Waals surface area contributed by atoms with Gasteiger partial charge in [0.2, 0.25) is 11.8 Å². The average molecular weight is 318 g/mol. The molecule has 2 rings (SSSR count). The second-order valence-electron chi connectivity index (χ2n) is 5.81. The van der Waals surface area contributed by atoms with Crippen molar-refractivity contribution >= 4 is 11.8 Å². The molecule has 2 unspecified atom stereocenters. The number of nitrogens with zero attached hydrogens (tertiary/aromatic N) is 1. The van der Waals surface area contributed by atoms with Crippen molar-refractivity contribution in [2.24, 2.45) is 11.8 Å². The Morgan fingerprint density at radius 1 is 1.22 bits per heavy atom. The Morgan fingerprint density at radius 2 is 1.91 bits per heavy atom. The van der Waals surface area contributed by atoms with Crippen molar-refractivity contribution in [1.29, 1.82) is 0 Å². The third-order valence-corrected chi connectivity index (χ3v) is 4.41. The van der Waals surface area contributed by atoms with Gasteiger partial charge in [-0.05, 0) is 38.3 Å². The Hall–Kier alpha value is -2.04. The van der Waals surface area contributed by atoms with Crippen molar-refractivity contribution in [2.45, 2.75) is 26.7 Å². The number of nitrogens with one attached hydrogen (secondary N) is 1. The van der Waals surface area contributed by atoms with E-state index in [1.54, 1.807) is 12.0 Å². The van der Waals surface area contributed by atoms with Gasteiger partial charge in [-0.25, -0.2) is 0 Å². The fourth-order valence-electron chi connectivity index (χ4n) is 2.89. The van der Waals surface area contributed by atoms with Crippen LogP contribution in [0.1, 0.15) is 25.8 Å². The van der Waals surface area contributed by atoms with Crippen molar-refractivity contribution in [1.82, 2.24) is 10.2 Å². The van der Waals surface area contributed by atoms with Crippen molar-refractivity contribution < 1.29 is 14.3 Å². The fourth-order valence-corrected chi connectivity index (χ4v) is 2.89. The summed E-state index contributed by atoms with van der Waals surface area (Å²) in [5.41, 5.74) is 1.07. The number of methoxy groups -OCH3 is 1.